The van der Waals surface area contributed by atoms with Gasteiger partial charge in [0, 0.05) is 17.4 Å². The number of ether oxygens (including phenoxy) is 1. The molecule has 0 unspecified atom stereocenters. The largest absolute Gasteiger partial charge is 0.477 e. The first-order valence-electron chi connectivity index (χ1n) is 7.03. The lowest BCUT2D eigenvalue weighted by atomic mass is 10.2. The molecule has 3 aromatic rings. The van der Waals surface area contributed by atoms with Crippen LogP contribution >= 0.6 is 0 Å². The van der Waals surface area contributed by atoms with Gasteiger partial charge in [-0.25, -0.2) is 4.98 Å². The van der Waals surface area contributed by atoms with Gasteiger partial charge in [-0.2, -0.15) is 0 Å². The maximum Gasteiger partial charge on any atom is 0.261 e. The molecular formula is C16H14N4O3. The summed E-state index contributed by atoms with van der Waals surface area (Å²) in [6, 6.07) is 10.4. The Morgan fingerprint density at radius 1 is 1.26 bits per heavy atom. The van der Waals surface area contributed by atoms with Crippen LogP contribution in [0.15, 0.2) is 53.4 Å². The van der Waals surface area contributed by atoms with E-state index in [2.05, 4.69) is 20.5 Å². The van der Waals surface area contributed by atoms with Crippen molar-refractivity contribution in [2.45, 2.75) is 6.92 Å². The average molecular weight is 310 g/mol. The van der Waals surface area contributed by atoms with E-state index in [0.717, 1.165) is 5.56 Å². The van der Waals surface area contributed by atoms with Crippen molar-refractivity contribution in [3.8, 4) is 17.3 Å². The van der Waals surface area contributed by atoms with E-state index in [1.165, 1.54) is 6.39 Å². The minimum Gasteiger partial charge on any atom is -0.477 e. The SMILES string of the molecule is CCOc1ncccc1C(=O)Nc1ccc(-c2nnco2)cc1. The first-order chi connectivity index (χ1) is 11.3. The van der Waals surface area contributed by atoms with Gasteiger partial charge in [-0.3, -0.25) is 4.79 Å². The number of nitrogens with zero attached hydrogens (tertiary/aromatic N) is 3. The van der Waals surface area contributed by atoms with Gasteiger partial charge in [-0.15, -0.1) is 10.2 Å². The summed E-state index contributed by atoms with van der Waals surface area (Å²) < 4.78 is 10.5. The van der Waals surface area contributed by atoms with E-state index >= 15 is 0 Å². The van der Waals surface area contributed by atoms with Gasteiger partial charge in [0.25, 0.3) is 5.91 Å². The van der Waals surface area contributed by atoms with E-state index in [9.17, 15) is 4.79 Å². The predicted octanol–water partition coefficient (Wildman–Crippen LogP) is 2.78. The zero-order chi connectivity index (χ0) is 16.1. The van der Waals surface area contributed by atoms with Gasteiger partial charge in [-0.05, 0) is 43.3 Å². The average Bonchev–Trinajstić information content (AvgIpc) is 3.11. The summed E-state index contributed by atoms with van der Waals surface area (Å²) in [6.07, 6.45) is 2.85. The molecule has 23 heavy (non-hydrogen) atoms. The molecule has 0 spiro atoms. The third-order valence-electron chi connectivity index (χ3n) is 3.05. The van der Waals surface area contributed by atoms with Crippen molar-refractivity contribution in [1.29, 1.82) is 0 Å². The zero-order valence-electron chi connectivity index (χ0n) is 12.4. The summed E-state index contributed by atoms with van der Waals surface area (Å²) in [6.45, 7) is 2.28. The molecule has 116 valence electrons. The quantitative estimate of drug-likeness (QED) is 0.779. The summed E-state index contributed by atoms with van der Waals surface area (Å²) >= 11 is 0. The Morgan fingerprint density at radius 2 is 2.09 bits per heavy atom. The summed E-state index contributed by atoms with van der Waals surface area (Å²) in [5, 5.41) is 10.3. The van der Waals surface area contributed by atoms with Gasteiger partial charge in [0.05, 0.1) is 6.61 Å². The second-order valence-electron chi connectivity index (χ2n) is 4.56. The highest BCUT2D eigenvalue weighted by molar-refractivity contribution is 6.05. The summed E-state index contributed by atoms with van der Waals surface area (Å²) in [5.74, 6) is 0.454. The molecule has 0 bridgehead atoms. The molecule has 7 nitrogen and oxygen atoms in total. The fourth-order valence-electron chi connectivity index (χ4n) is 2.01. The third kappa shape index (κ3) is 3.34. The summed E-state index contributed by atoms with van der Waals surface area (Å²) in [7, 11) is 0. The monoisotopic (exact) mass is 310 g/mol. The summed E-state index contributed by atoms with van der Waals surface area (Å²) in [5.41, 5.74) is 1.80. The molecule has 2 aromatic heterocycles. The lowest BCUT2D eigenvalue weighted by Gasteiger charge is -2.09. The van der Waals surface area contributed by atoms with E-state index in [-0.39, 0.29) is 5.91 Å². The third-order valence-corrected chi connectivity index (χ3v) is 3.05. The molecule has 0 aliphatic heterocycles. The maximum atomic E-state index is 12.4. The smallest absolute Gasteiger partial charge is 0.261 e. The highest BCUT2D eigenvalue weighted by Gasteiger charge is 2.13. The standard InChI is InChI=1S/C16H14N4O3/c1-2-22-16-13(4-3-9-17-16)14(21)19-12-7-5-11(6-8-12)15-20-18-10-23-15/h3-10H,2H2,1H3,(H,19,21). The Hall–Kier alpha value is -3.22. The van der Waals surface area contributed by atoms with Crippen molar-refractivity contribution < 1.29 is 13.9 Å². The molecule has 0 fully saturated rings. The second kappa shape index (κ2) is 6.69. The number of hydrogen-bond acceptors (Lipinski definition) is 6. The van der Waals surface area contributed by atoms with Gasteiger partial charge in [0.1, 0.15) is 5.56 Å². The van der Waals surface area contributed by atoms with Crippen LogP contribution in [0, 0.1) is 0 Å². The topological polar surface area (TPSA) is 90.1 Å². The fraction of sp³-hybridized carbons (Fsp3) is 0.125. The van der Waals surface area contributed by atoms with Crippen LogP contribution in [0.5, 0.6) is 5.88 Å². The normalized spacial score (nSPS) is 10.3. The lowest BCUT2D eigenvalue weighted by Crippen LogP contribution is -2.14. The Balaban J connectivity index is 1.75. The van der Waals surface area contributed by atoms with E-state index in [1.807, 2.05) is 6.92 Å². The zero-order valence-corrected chi connectivity index (χ0v) is 12.4. The molecule has 3 rings (SSSR count). The Kier molecular flexibility index (Phi) is 4.28. The first-order valence-corrected chi connectivity index (χ1v) is 7.03. The minimum atomic E-state index is -0.285. The number of hydrogen-bond donors (Lipinski definition) is 1. The molecule has 0 saturated carbocycles. The highest BCUT2D eigenvalue weighted by Crippen LogP contribution is 2.20. The maximum absolute atomic E-state index is 12.4. The Bertz CT molecular complexity index is 785. The van der Waals surface area contributed by atoms with Crippen LogP contribution in [0.4, 0.5) is 5.69 Å². The number of carbonyl (C=O) groups is 1. The number of carbonyl (C=O) groups excluding carboxylic acids is 1. The van der Waals surface area contributed by atoms with Crippen molar-refractivity contribution in [3.63, 3.8) is 0 Å². The number of amides is 1. The van der Waals surface area contributed by atoms with Crippen molar-refractivity contribution in [2.75, 3.05) is 11.9 Å². The van der Waals surface area contributed by atoms with Crippen LogP contribution in [0.1, 0.15) is 17.3 Å². The van der Waals surface area contributed by atoms with Gasteiger partial charge >= 0.3 is 0 Å². The van der Waals surface area contributed by atoms with Gasteiger partial charge in [-0.1, -0.05) is 0 Å². The molecule has 0 aliphatic carbocycles. The number of nitrogens with one attached hydrogen (secondary N) is 1. The molecule has 1 amide bonds. The van der Waals surface area contributed by atoms with Gasteiger partial charge in [0.15, 0.2) is 0 Å². The van der Waals surface area contributed by atoms with Crippen LogP contribution in [0.3, 0.4) is 0 Å². The molecule has 7 heteroatoms. The second-order valence-corrected chi connectivity index (χ2v) is 4.56. The van der Waals surface area contributed by atoms with Gasteiger partial charge in [0.2, 0.25) is 18.2 Å². The van der Waals surface area contributed by atoms with E-state index < -0.39 is 0 Å². The Morgan fingerprint density at radius 3 is 2.78 bits per heavy atom. The van der Waals surface area contributed by atoms with Crippen molar-refractivity contribution in [2.24, 2.45) is 0 Å². The van der Waals surface area contributed by atoms with Crippen molar-refractivity contribution in [1.82, 2.24) is 15.2 Å². The van der Waals surface area contributed by atoms with Gasteiger partial charge < -0.3 is 14.5 Å². The van der Waals surface area contributed by atoms with E-state index in [1.54, 1.807) is 42.6 Å². The first kappa shape index (κ1) is 14.7. The fourth-order valence-corrected chi connectivity index (χ4v) is 2.01. The Labute approximate surface area is 132 Å². The van der Waals surface area contributed by atoms with Crippen LogP contribution in [-0.4, -0.2) is 27.7 Å². The molecule has 0 radical (unpaired) electrons. The van der Waals surface area contributed by atoms with Crippen LogP contribution < -0.4 is 10.1 Å². The van der Waals surface area contributed by atoms with E-state index in [0.29, 0.717) is 29.6 Å². The van der Waals surface area contributed by atoms with Crippen molar-refractivity contribution >= 4 is 11.6 Å². The molecule has 1 aromatic carbocycles. The number of pyridine rings is 1. The highest BCUT2D eigenvalue weighted by atomic mass is 16.5. The molecule has 2 heterocycles. The van der Waals surface area contributed by atoms with Crippen LogP contribution in [-0.2, 0) is 0 Å². The summed E-state index contributed by atoms with van der Waals surface area (Å²) in [4.78, 5) is 16.4. The number of aromatic nitrogens is 3. The molecular weight excluding hydrogens is 296 g/mol. The molecule has 0 aliphatic rings. The number of anilines is 1. The number of rotatable bonds is 5. The molecule has 0 saturated heterocycles. The predicted molar refractivity (Wildman–Crippen MR) is 83.1 cm³/mol. The number of benzene rings is 1. The van der Waals surface area contributed by atoms with Crippen LogP contribution in [0.2, 0.25) is 0 Å². The lowest BCUT2D eigenvalue weighted by molar-refractivity contribution is 0.102. The van der Waals surface area contributed by atoms with Crippen LogP contribution in [0.25, 0.3) is 11.5 Å². The van der Waals surface area contributed by atoms with Crippen molar-refractivity contribution in [3.05, 3.63) is 54.6 Å². The minimum absolute atomic E-state index is 0.285. The van der Waals surface area contributed by atoms with E-state index in [4.69, 9.17) is 9.15 Å². The molecule has 1 N–H and O–H groups in total. The molecule has 0 atom stereocenters.